The normalized spacial score (nSPS) is 12.1. The second-order valence-electron chi connectivity index (χ2n) is 7.70. The van der Waals surface area contributed by atoms with Crippen molar-refractivity contribution < 1.29 is 4.39 Å². The molecule has 28 heavy (non-hydrogen) atoms. The van der Waals surface area contributed by atoms with Crippen LogP contribution in [0.1, 0.15) is 30.5 Å². The van der Waals surface area contributed by atoms with Gasteiger partial charge < -0.3 is 0 Å². The first kappa shape index (κ1) is 19.3. The number of aryl methyl sites for hydroxylation is 1. The van der Waals surface area contributed by atoms with Crippen molar-refractivity contribution >= 4 is 44.9 Å². The summed E-state index contributed by atoms with van der Waals surface area (Å²) in [4.78, 5) is 1.26. The van der Waals surface area contributed by atoms with Crippen LogP contribution < -0.4 is 0 Å². The third-order valence-corrected chi connectivity index (χ3v) is 6.78. The van der Waals surface area contributed by atoms with Crippen LogP contribution in [-0.2, 0) is 5.41 Å². The van der Waals surface area contributed by atoms with Gasteiger partial charge in [0.15, 0.2) is 0 Å². The Kier molecular flexibility index (Phi) is 4.89. The standard InChI is InChI=1S/C25H22ClFS/c1-15-11-13-18(17-8-6-10-21(28-4)22(15)17)25(2,3)19-9-5-7-16-12-14-20(26)24(27)23(16)19/h5-14H,1-4H3. The third kappa shape index (κ3) is 2.91. The Balaban J connectivity index is 2.07. The first-order valence-corrected chi connectivity index (χ1v) is 10.9. The molecule has 0 spiro atoms. The Morgan fingerprint density at radius 2 is 1.61 bits per heavy atom. The van der Waals surface area contributed by atoms with Crippen LogP contribution in [-0.4, -0.2) is 6.26 Å². The van der Waals surface area contributed by atoms with Crippen molar-refractivity contribution in [1.82, 2.24) is 0 Å². The van der Waals surface area contributed by atoms with E-state index in [2.05, 4.69) is 57.4 Å². The highest BCUT2D eigenvalue weighted by Crippen LogP contribution is 2.42. The molecule has 0 saturated heterocycles. The van der Waals surface area contributed by atoms with E-state index in [9.17, 15) is 0 Å². The maximum Gasteiger partial charge on any atom is 0.149 e. The molecule has 0 N–H and O–H groups in total. The molecule has 4 rings (SSSR count). The topological polar surface area (TPSA) is 0 Å². The Morgan fingerprint density at radius 1 is 0.857 bits per heavy atom. The van der Waals surface area contributed by atoms with Gasteiger partial charge in [-0.25, -0.2) is 4.39 Å². The highest BCUT2D eigenvalue weighted by atomic mass is 35.5. The lowest BCUT2D eigenvalue weighted by atomic mass is 9.74. The summed E-state index contributed by atoms with van der Waals surface area (Å²) in [5.41, 5.74) is 3.00. The molecule has 0 aliphatic rings. The zero-order chi connectivity index (χ0) is 20.1. The molecule has 0 unspecified atom stereocenters. The Hall–Kier alpha value is -2.03. The number of benzene rings is 4. The molecule has 4 aromatic carbocycles. The van der Waals surface area contributed by atoms with Gasteiger partial charge in [-0.1, -0.05) is 74.0 Å². The van der Waals surface area contributed by atoms with Gasteiger partial charge in [0.2, 0.25) is 0 Å². The highest BCUT2D eigenvalue weighted by molar-refractivity contribution is 7.98. The minimum absolute atomic E-state index is 0.161. The summed E-state index contributed by atoms with van der Waals surface area (Å²) >= 11 is 7.89. The molecule has 0 radical (unpaired) electrons. The van der Waals surface area contributed by atoms with E-state index in [-0.39, 0.29) is 10.8 Å². The van der Waals surface area contributed by atoms with Crippen molar-refractivity contribution in [3.63, 3.8) is 0 Å². The van der Waals surface area contributed by atoms with E-state index in [4.69, 9.17) is 11.6 Å². The number of halogens is 2. The van der Waals surface area contributed by atoms with Crippen LogP contribution in [0.25, 0.3) is 21.5 Å². The van der Waals surface area contributed by atoms with Crippen LogP contribution in [0.4, 0.5) is 4.39 Å². The van der Waals surface area contributed by atoms with Gasteiger partial charge in [-0.15, -0.1) is 11.8 Å². The van der Waals surface area contributed by atoms with Crippen molar-refractivity contribution in [1.29, 1.82) is 0 Å². The molecule has 0 heterocycles. The van der Waals surface area contributed by atoms with Crippen LogP contribution in [0.3, 0.4) is 0 Å². The van der Waals surface area contributed by atoms with E-state index in [1.807, 2.05) is 24.3 Å². The summed E-state index contributed by atoms with van der Waals surface area (Å²) in [5, 5.41) is 4.13. The Labute approximate surface area is 174 Å². The van der Waals surface area contributed by atoms with Gasteiger partial charge >= 0.3 is 0 Å². The zero-order valence-corrected chi connectivity index (χ0v) is 18.0. The average Bonchev–Trinajstić information content (AvgIpc) is 2.70. The maximum atomic E-state index is 15.1. The Bertz CT molecular complexity index is 1210. The van der Waals surface area contributed by atoms with E-state index in [1.54, 1.807) is 17.8 Å². The van der Waals surface area contributed by atoms with E-state index >= 15 is 4.39 Å². The van der Waals surface area contributed by atoms with Crippen LogP contribution in [0, 0.1) is 12.7 Å². The minimum atomic E-state index is -0.395. The average molecular weight is 409 g/mol. The molecule has 0 bridgehead atoms. The van der Waals surface area contributed by atoms with Gasteiger partial charge in [-0.2, -0.15) is 0 Å². The molecule has 142 valence electrons. The molecule has 3 heteroatoms. The molecular weight excluding hydrogens is 387 g/mol. The fraction of sp³-hybridized carbons (Fsp3) is 0.200. The van der Waals surface area contributed by atoms with Crippen molar-refractivity contribution in [2.45, 2.75) is 31.1 Å². The molecule has 0 atom stereocenters. The van der Waals surface area contributed by atoms with E-state index in [1.165, 1.54) is 26.8 Å². The lowest BCUT2D eigenvalue weighted by Gasteiger charge is -2.30. The summed E-state index contributed by atoms with van der Waals surface area (Å²) in [5.74, 6) is -0.343. The van der Waals surface area contributed by atoms with Gasteiger partial charge in [-0.3, -0.25) is 0 Å². The molecule has 0 aliphatic carbocycles. The van der Waals surface area contributed by atoms with Gasteiger partial charge in [0.05, 0.1) is 5.02 Å². The number of rotatable bonds is 3. The molecule has 0 saturated carbocycles. The van der Waals surface area contributed by atoms with Crippen molar-refractivity contribution in [3.8, 4) is 0 Å². The van der Waals surface area contributed by atoms with Crippen molar-refractivity contribution in [3.05, 3.63) is 88.2 Å². The van der Waals surface area contributed by atoms with E-state index in [0.717, 1.165) is 10.9 Å². The van der Waals surface area contributed by atoms with Crippen LogP contribution >= 0.6 is 23.4 Å². The number of hydrogen-bond donors (Lipinski definition) is 0. The first-order valence-electron chi connectivity index (χ1n) is 9.30. The molecule has 0 fully saturated rings. The van der Waals surface area contributed by atoms with Crippen LogP contribution in [0.2, 0.25) is 5.02 Å². The third-order valence-electron chi connectivity index (χ3n) is 5.71. The zero-order valence-electron chi connectivity index (χ0n) is 16.4. The second kappa shape index (κ2) is 7.09. The van der Waals surface area contributed by atoms with E-state index in [0.29, 0.717) is 5.39 Å². The lowest BCUT2D eigenvalue weighted by molar-refractivity contribution is 0.622. The van der Waals surface area contributed by atoms with Gasteiger partial charge in [0.25, 0.3) is 0 Å². The van der Waals surface area contributed by atoms with Gasteiger partial charge in [-0.05, 0) is 58.2 Å². The molecule has 0 amide bonds. The number of hydrogen-bond acceptors (Lipinski definition) is 1. The van der Waals surface area contributed by atoms with Gasteiger partial charge in [0, 0.05) is 15.7 Å². The largest absolute Gasteiger partial charge is 0.205 e. The van der Waals surface area contributed by atoms with Gasteiger partial charge in [0.1, 0.15) is 5.82 Å². The molecule has 0 aliphatic heterocycles. The number of fused-ring (bicyclic) bond motifs is 2. The lowest BCUT2D eigenvalue weighted by Crippen LogP contribution is -2.20. The number of thioether (sulfide) groups is 1. The molecule has 0 nitrogen and oxygen atoms in total. The quantitative estimate of drug-likeness (QED) is 0.308. The van der Waals surface area contributed by atoms with Crippen LogP contribution in [0.15, 0.2) is 65.6 Å². The second-order valence-corrected chi connectivity index (χ2v) is 8.96. The minimum Gasteiger partial charge on any atom is -0.205 e. The van der Waals surface area contributed by atoms with Crippen molar-refractivity contribution in [2.75, 3.05) is 6.26 Å². The summed E-state index contributed by atoms with van der Waals surface area (Å²) in [6.07, 6.45) is 2.11. The Morgan fingerprint density at radius 3 is 2.36 bits per heavy atom. The summed E-state index contributed by atoms with van der Waals surface area (Å²) in [7, 11) is 0. The van der Waals surface area contributed by atoms with Crippen molar-refractivity contribution in [2.24, 2.45) is 0 Å². The fourth-order valence-corrected chi connectivity index (χ4v) is 5.08. The fourth-order valence-electron chi connectivity index (χ4n) is 4.23. The SMILES string of the molecule is CSc1cccc2c(C(C)(C)c3cccc4ccc(Cl)c(F)c34)ccc(C)c12. The summed E-state index contributed by atoms with van der Waals surface area (Å²) < 4.78 is 15.1. The monoisotopic (exact) mass is 408 g/mol. The summed E-state index contributed by atoms with van der Waals surface area (Å²) in [6, 6.07) is 20.3. The molecule has 0 aromatic heterocycles. The predicted octanol–water partition coefficient (Wildman–Crippen LogP) is 8.14. The first-order chi connectivity index (χ1) is 13.4. The smallest absolute Gasteiger partial charge is 0.149 e. The molecular formula is C25H22ClFS. The maximum absolute atomic E-state index is 15.1. The van der Waals surface area contributed by atoms with E-state index < -0.39 is 5.41 Å². The van der Waals surface area contributed by atoms with Crippen LogP contribution in [0.5, 0.6) is 0 Å². The molecule has 4 aromatic rings. The summed E-state index contributed by atoms with van der Waals surface area (Å²) in [6.45, 7) is 6.48. The highest BCUT2D eigenvalue weighted by Gasteiger charge is 2.29. The predicted molar refractivity (Wildman–Crippen MR) is 122 cm³/mol.